The minimum Gasteiger partial charge on any atom is -0.324 e. The molecular weight excluding hydrogens is 232 g/mol. The lowest BCUT2D eigenvalue weighted by Gasteiger charge is -2.14. The molecule has 2 N–H and O–H groups in total. The van der Waals surface area contributed by atoms with Gasteiger partial charge in [0.15, 0.2) is 11.6 Å². The van der Waals surface area contributed by atoms with Crippen LogP contribution < -0.4 is 5.73 Å². The van der Waals surface area contributed by atoms with Gasteiger partial charge in [0.25, 0.3) is 0 Å². The third kappa shape index (κ3) is 2.74. The van der Waals surface area contributed by atoms with Crippen molar-refractivity contribution in [2.24, 2.45) is 5.73 Å². The molecule has 94 valence electrons. The maximum absolute atomic E-state index is 13.1. The van der Waals surface area contributed by atoms with Crippen LogP contribution in [0.4, 0.5) is 8.78 Å². The van der Waals surface area contributed by atoms with Crippen molar-refractivity contribution in [2.75, 3.05) is 0 Å². The fourth-order valence-electron chi connectivity index (χ4n) is 1.94. The van der Waals surface area contributed by atoms with Crippen LogP contribution in [0.25, 0.3) is 0 Å². The van der Waals surface area contributed by atoms with Crippen LogP contribution in [0.2, 0.25) is 0 Å². The van der Waals surface area contributed by atoms with Gasteiger partial charge < -0.3 is 5.73 Å². The van der Waals surface area contributed by atoms with Crippen LogP contribution >= 0.6 is 0 Å². The van der Waals surface area contributed by atoms with Crippen LogP contribution in [0.5, 0.6) is 0 Å². The molecule has 0 spiro atoms. The molecule has 2 rings (SSSR count). The van der Waals surface area contributed by atoms with Gasteiger partial charge in [-0.3, -0.25) is 0 Å². The van der Waals surface area contributed by atoms with Crippen LogP contribution in [-0.4, -0.2) is 0 Å². The highest BCUT2D eigenvalue weighted by molar-refractivity contribution is 5.29. The first-order valence-electron chi connectivity index (χ1n) is 5.83. The second-order valence-electron chi connectivity index (χ2n) is 4.41. The summed E-state index contributed by atoms with van der Waals surface area (Å²) in [5, 5.41) is 0. The quantitative estimate of drug-likeness (QED) is 0.882. The van der Waals surface area contributed by atoms with Gasteiger partial charge in [0.05, 0.1) is 0 Å². The third-order valence-corrected chi connectivity index (χ3v) is 3.07. The Morgan fingerprint density at radius 1 is 1.06 bits per heavy atom. The van der Waals surface area contributed by atoms with Crippen molar-refractivity contribution in [3.8, 4) is 0 Å². The second kappa shape index (κ2) is 5.27. The molecule has 2 aromatic carbocycles. The predicted molar refractivity (Wildman–Crippen MR) is 68.2 cm³/mol. The monoisotopic (exact) mass is 247 g/mol. The van der Waals surface area contributed by atoms with Crippen molar-refractivity contribution in [3.05, 3.63) is 70.8 Å². The highest BCUT2D eigenvalue weighted by Gasteiger charge is 2.11. The van der Waals surface area contributed by atoms with Gasteiger partial charge in [0.2, 0.25) is 0 Å². The summed E-state index contributed by atoms with van der Waals surface area (Å²) in [7, 11) is 0. The molecule has 0 saturated carbocycles. The number of aryl methyl sites for hydroxylation is 1. The fourth-order valence-corrected chi connectivity index (χ4v) is 1.94. The van der Waals surface area contributed by atoms with Crippen LogP contribution in [0.3, 0.4) is 0 Å². The van der Waals surface area contributed by atoms with E-state index in [1.54, 1.807) is 0 Å². The molecule has 0 bridgehead atoms. The molecule has 0 aromatic heterocycles. The molecule has 1 atom stereocenters. The average molecular weight is 247 g/mol. The van der Waals surface area contributed by atoms with Crippen molar-refractivity contribution in [1.29, 1.82) is 0 Å². The van der Waals surface area contributed by atoms with E-state index in [1.165, 1.54) is 6.07 Å². The van der Waals surface area contributed by atoms with Gasteiger partial charge in [-0.15, -0.1) is 0 Å². The van der Waals surface area contributed by atoms with Gasteiger partial charge in [0, 0.05) is 6.04 Å². The van der Waals surface area contributed by atoms with E-state index in [2.05, 4.69) is 0 Å². The molecule has 0 saturated heterocycles. The number of hydrogen-bond donors (Lipinski definition) is 1. The second-order valence-corrected chi connectivity index (χ2v) is 4.41. The van der Waals surface area contributed by atoms with Crippen LogP contribution in [0.15, 0.2) is 42.5 Å². The summed E-state index contributed by atoms with van der Waals surface area (Å²) in [6.45, 7) is 2.01. The number of benzene rings is 2. The molecule has 0 fully saturated rings. The Hall–Kier alpha value is -1.74. The Kier molecular flexibility index (Phi) is 3.72. The standard InChI is InChI=1S/C15H15F2N/c1-10-4-2-3-5-11(10)9-15(18)12-6-7-13(16)14(17)8-12/h2-8,15H,9,18H2,1H3. The highest BCUT2D eigenvalue weighted by atomic mass is 19.2. The maximum atomic E-state index is 13.1. The van der Waals surface area contributed by atoms with Crippen molar-refractivity contribution in [2.45, 2.75) is 19.4 Å². The Morgan fingerprint density at radius 3 is 2.44 bits per heavy atom. The summed E-state index contributed by atoms with van der Waals surface area (Å²) >= 11 is 0. The summed E-state index contributed by atoms with van der Waals surface area (Å²) in [4.78, 5) is 0. The molecule has 0 aliphatic rings. The van der Waals surface area contributed by atoms with Gasteiger partial charge in [-0.25, -0.2) is 8.78 Å². The van der Waals surface area contributed by atoms with E-state index >= 15 is 0 Å². The van der Waals surface area contributed by atoms with Gasteiger partial charge in [-0.05, 0) is 42.2 Å². The fraction of sp³-hybridized carbons (Fsp3) is 0.200. The van der Waals surface area contributed by atoms with E-state index in [0.29, 0.717) is 12.0 Å². The van der Waals surface area contributed by atoms with Crippen molar-refractivity contribution >= 4 is 0 Å². The Balaban J connectivity index is 2.19. The summed E-state index contributed by atoms with van der Waals surface area (Å²) in [6, 6.07) is 11.4. The van der Waals surface area contributed by atoms with Crippen LogP contribution in [-0.2, 0) is 6.42 Å². The minimum absolute atomic E-state index is 0.332. The molecule has 18 heavy (non-hydrogen) atoms. The molecule has 1 unspecified atom stereocenters. The number of rotatable bonds is 3. The number of nitrogens with two attached hydrogens (primary N) is 1. The Labute approximate surface area is 105 Å². The zero-order chi connectivity index (χ0) is 13.1. The predicted octanol–water partition coefficient (Wildman–Crippen LogP) is 3.52. The number of hydrogen-bond acceptors (Lipinski definition) is 1. The van der Waals surface area contributed by atoms with Crippen LogP contribution in [0.1, 0.15) is 22.7 Å². The van der Waals surface area contributed by atoms with Gasteiger partial charge in [-0.1, -0.05) is 30.3 Å². The third-order valence-electron chi connectivity index (χ3n) is 3.07. The molecule has 2 aromatic rings. The molecule has 0 aliphatic carbocycles. The Bertz CT molecular complexity index is 552. The number of halogens is 2. The molecule has 0 aliphatic heterocycles. The van der Waals surface area contributed by atoms with Gasteiger partial charge in [0.1, 0.15) is 0 Å². The normalized spacial score (nSPS) is 12.4. The Morgan fingerprint density at radius 2 is 1.78 bits per heavy atom. The molecular formula is C15H15F2N. The van der Waals surface area contributed by atoms with Gasteiger partial charge >= 0.3 is 0 Å². The molecule has 0 heterocycles. The van der Waals surface area contributed by atoms with E-state index in [1.807, 2.05) is 31.2 Å². The lowest BCUT2D eigenvalue weighted by molar-refractivity contribution is 0.505. The van der Waals surface area contributed by atoms with E-state index in [9.17, 15) is 8.78 Å². The maximum Gasteiger partial charge on any atom is 0.159 e. The van der Waals surface area contributed by atoms with Gasteiger partial charge in [-0.2, -0.15) is 0 Å². The largest absolute Gasteiger partial charge is 0.324 e. The summed E-state index contributed by atoms with van der Waals surface area (Å²) in [5.41, 5.74) is 8.90. The zero-order valence-electron chi connectivity index (χ0n) is 10.2. The van der Waals surface area contributed by atoms with Crippen LogP contribution in [0, 0.1) is 18.6 Å². The molecule has 1 nitrogen and oxygen atoms in total. The summed E-state index contributed by atoms with van der Waals surface area (Å²) in [5.74, 6) is -1.70. The highest BCUT2D eigenvalue weighted by Crippen LogP contribution is 2.20. The van der Waals surface area contributed by atoms with E-state index in [4.69, 9.17) is 5.73 Å². The molecule has 0 amide bonds. The topological polar surface area (TPSA) is 26.0 Å². The summed E-state index contributed by atoms with van der Waals surface area (Å²) < 4.78 is 26.0. The first kappa shape index (κ1) is 12.7. The zero-order valence-corrected chi connectivity index (χ0v) is 10.2. The van der Waals surface area contributed by atoms with Crippen molar-refractivity contribution < 1.29 is 8.78 Å². The lowest BCUT2D eigenvalue weighted by atomic mass is 9.97. The minimum atomic E-state index is -0.854. The van der Waals surface area contributed by atoms with E-state index in [0.717, 1.165) is 23.3 Å². The smallest absolute Gasteiger partial charge is 0.159 e. The van der Waals surface area contributed by atoms with Crippen molar-refractivity contribution in [3.63, 3.8) is 0 Å². The molecule has 3 heteroatoms. The summed E-state index contributed by atoms with van der Waals surface area (Å²) in [6.07, 6.45) is 0.609. The van der Waals surface area contributed by atoms with Crippen molar-refractivity contribution in [1.82, 2.24) is 0 Å². The first-order valence-corrected chi connectivity index (χ1v) is 5.83. The average Bonchev–Trinajstić information content (AvgIpc) is 2.35. The lowest BCUT2D eigenvalue weighted by Crippen LogP contribution is -2.14. The van der Waals surface area contributed by atoms with E-state index < -0.39 is 11.6 Å². The van der Waals surface area contributed by atoms with E-state index in [-0.39, 0.29) is 6.04 Å². The first-order chi connectivity index (χ1) is 8.58. The molecule has 0 radical (unpaired) electrons. The SMILES string of the molecule is Cc1ccccc1CC(N)c1ccc(F)c(F)c1.